The fourth-order valence-corrected chi connectivity index (χ4v) is 3.80. The number of hydrogen-bond donors (Lipinski definition) is 0. The molecular weight excluding hydrogens is 389 g/mol. The number of carbonyl (C=O) groups excluding carboxylic acids is 1. The van der Waals surface area contributed by atoms with Crippen LogP contribution in [0.5, 0.6) is 5.75 Å². The van der Waals surface area contributed by atoms with Gasteiger partial charge in [-0.25, -0.2) is 9.37 Å². The van der Waals surface area contributed by atoms with Gasteiger partial charge in [0, 0.05) is 12.4 Å². The van der Waals surface area contributed by atoms with Crippen molar-refractivity contribution in [3.05, 3.63) is 83.9 Å². The second kappa shape index (κ2) is 8.36. The molecule has 29 heavy (non-hydrogen) atoms. The van der Waals surface area contributed by atoms with E-state index < -0.39 is 0 Å². The van der Waals surface area contributed by atoms with E-state index in [0.717, 1.165) is 11.1 Å². The molecule has 0 unspecified atom stereocenters. The van der Waals surface area contributed by atoms with Crippen LogP contribution >= 0.6 is 11.3 Å². The zero-order chi connectivity index (χ0) is 20.2. The van der Waals surface area contributed by atoms with Crippen LogP contribution in [-0.4, -0.2) is 22.5 Å². The Hall–Kier alpha value is -3.32. The number of thiazole rings is 1. The number of carbonyl (C=O) groups is 1. The van der Waals surface area contributed by atoms with Crippen LogP contribution in [0.2, 0.25) is 0 Å². The van der Waals surface area contributed by atoms with Gasteiger partial charge < -0.3 is 4.74 Å². The van der Waals surface area contributed by atoms with Crippen LogP contribution in [0.15, 0.2) is 67.0 Å². The number of pyridine rings is 1. The number of rotatable bonds is 6. The largest absolute Gasteiger partial charge is 0.484 e. The van der Waals surface area contributed by atoms with Gasteiger partial charge in [0.25, 0.3) is 5.91 Å². The first kappa shape index (κ1) is 19.0. The van der Waals surface area contributed by atoms with Gasteiger partial charge in [-0.2, -0.15) is 0 Å². The molecule has 0 aliphatic rings. The van der Waals surface area contributed by atoms with E-state index in [0.29, 0.717) is 27.6 Å². The van der Waals surface area contributed by atoms with Crippen molar-refractivity contribution in [1.82, 2.24) is 9.97 Å². The van der Waals surface area contributed by atoms with Crippen molar-refractivity contribution >= 4 is 32.6 Å². The smallest absolute Gasteiger partial charge is 0.267 e. The van der Waals surface area contributed by atoms with E-state index >= 15 is 0 Å². The molecule has 0 spiro atoms. The highest BCUT2D eigenvalue weighted by Crippen LogP contribution is 2.30. The topological polar surface area (TPSA) is 55.3 Å². The predicted octanol–water partition coefficient (Wildman–Crippen LogP) is 4.75. The van der Waals surface area contributed by atoms with Crippen molar-refractivity contribution < 1.29 is 13.9 Å². The van der Waals surface area contributed by atoms with Crippen LogP contribution in [0.1, 0.15) is 11.1 Å². The van der Waals surface area contributed by atoms with Gasteiger partial charge in [-0.05, 0) is 48.9 Å². The Bertz CT molecular complexity index is 1130. The Kier molecular flexibility index (Phi) is 5.48. The van der Waals surface area contributed by atoms with Crippen molar-refractivity contribution in [1.29, 1.82) is 0 Å². The van der Waals surface area contributed by atoms with E-state index in [4.69, 9.17) is 4.74 Å². The molecule has 5 nitrogen and oxygen atoms in total. The number of halogens is 1. The summed E-state index contributed by atoms with van der Waals surface area (Å²) in [6.45, 7) is 2.15. The van der Waals surface area contributed by atoms with Crippen molar-refractivity contribution in [3.63, 3.8) is 0 Å². The highest BCUT2D eigenvalue weighted by Gasteiger charge is 2.21. The molecule has 2 aromatic carbocycles. The Morgan fingerprint density at radius 3 is 2.76 bits per heavy atom. The van der Waals surface area contributed by atoms with E-state index in [9.17, 15) is 9.18 Å². The fraction of sp³-hybridized carbons (Fsp3) is 0.136. The molecule has 0 saturated carbocycles. The summed E-state index contributed by atoms with van der Waals surface area (Å²) in [7, 11) is 0. The quantitative estimate of drug-likeness (QED) is 0.463. The maximum absolute atomic E-state index is 13.6. The number of benzene rings is 2. The van der Waals surface area contributed by atoms with Crippen LogP contribution < -0.4 is 9.64 Å². The minimum atomic E-state index is -0.333. The molecule has 0 N–H and O–H groups in total. The number of aryl methyl sites for hydroxylation is 1. The van der Waals surface area contributed by atoms with Crippen LogP contribution in [-0.2, 0) is 11.3 Å². The summed E-state index contributed by atoms with van der Waals surface area (Å²) in [5, 5.41) is 0.493. The molecule has 7 heteroatoms. The summed E-state index contributed by atoms with van der Waals surface area (Å²) in [5.74, 6) is 0.0474. The van der Waals surface area contributed by atoms with Crippen molar-refractivity contribution in [2.24, 2.45) is 0 Å². The molecule has 4 aromatic rings. The number of aromatic nitrogens is 2. The minimum Gasteiger partial charge on any atom is -0.484 e. The molecule has 2 aromatic heterocycles. The number of ether oxygens (including phenoxy) is 1. The third-order valence-electron chi connectivity index (χ3n) is 4.32. The molecule has 0 aliphatic carbocycles. The van der Waals surface area contributed by atoms with E-state index in [1.807, 2.05) is 43.3 Å². The molecule has 1 amide bonds. The molecule has 0 atom stereocenters. The number of amides is 1. The van der Waals surface area contributed by atoms with Crippen molar-refractivity contribution in [2.45, 2.75) is 13.5 Å². The monoisotopic (exact) mass is 407 g/mol. The third-order valence-corrected chi connectivity index (χ3v) is 5.36. The summed E-state index contributed by atoms with van der Waals surface area (Å²) in [6, 6.07) is 15.6. The Balaban J connectivity index is 1.59. The average molecular weight is 407 g/mol. The molecule has 0 fully saturated rings. The van der Waals surface area contributed by atoms with Gasteiger partial charge in [-0.15, -0.1) is 0 Å². The lowest BCUT2D eigenvalue weighted by Crippen LogP contribution is -2.34. The van der Waals surface area contributed by atoms with Gasteiger partial charge in [-0.3, -0.25) is 14.7 Å². The van der Waals surface area contributed by atoms with Gasteiger partial charge in [0.1, 0.15) is 11.6 Å². The Morgan fingerprint density at radius 1 is 1.17 bits per heavy atom. The lowest BCUT2D eigenvalue weighted by Gasteiger charge is -2.20. The lowest BCUT2D eigenvalue weighted by molar-refractivity contribution is -0.120. The van der Waals surface area contributed by atoms with Crippen LogP contribution in [0.25, 0.3) is 10.2 Å². The molecule has 146 valence electrons. The highest BCUT2D eigenvalue weighted by atomic mass is 32.1. The molecule has 4 rings (SSSR count). The Labute approximate surface area is 171 Å². The maximum atomic E-state index is 13.6. The SMILES string of the molecule is Cc1ccc(OCC(=O)N(Cc2cccnc2)c2nc3ccc(F)cc3s2)cc1. The summed E-state index contributed by atoms with van der Waals surface area (Å²) < 4.78 is 19.9. The summed E-state index contributed by atoms with van der Waals surface area (Å²) in [4.78, 5) is 23.2. The molecule has 0 bridgehead atoms. The normalized spacial score (nSPS) is 10.8. The summed E-state index contributed by atoms with van der Waals surface area (Å²) >= 11 is 1.27. The van der Waals surface area contributed by atoms with Crippen LogP contribution in [0.4, 0.5) is 9.52 Å². The first-order valence-electron chi connectivity index (χ1n) is 9.03. The van der Waals surface area contributed by atoms with Gasteiger partial charge in [0.15, 0.2) is 11.7 Å². The van der Waals surface area contributed by atoms with E-state index in [2.05, 4.69) is 9.97 Å². The van der Waals surface area contributed by atoms with Gasteiger partial charge in [-0.1, -0.05) is 35.1 Å². The van der Waals surface area contributed by atoms with Crippen LogP contribution in [0, 0.1) is 12.7 Å². The summed E-state index contributed by atoms with van der Waals surface area (Å²) in [5.41, 5.74) is 2.63. The number of nitrogens with zero attached hydrogens (tertiary/aromatic N) is 3. The average Bonchev–Trinajstić information content (AvgIpc) is 3.15. The van der Waals surface area contributed by atoms with E-state index in [1.165, 1.54) is 23.5 Å². The second-order valence-corrected chi connectivity index (χ2v) is 7.56. The first-order valence-corrected chi connectivity index (χ1v) is 9.85. The zero-order valence-corrected chi connectivity index (χ0v) is 16.5. The third kappa shape index (κ3) is 4.57. The molecule has 0 aliphatic heterocycles. The maximum Gasteiger partial charge on any atom is 0.267 e. The number of anilines is 1. The standard InChI is InChI=1S/C22H18FN3O2S/c1-15-4-7-18(8-5-15)28-14-21(27)26(13-16-3-2-10-24-12-16)22-25-19-9-6-17(23)11-20(19)29-22/h2-12H,13-14H2,1H3. The Morgan fingerprint density at radius 2 is 2.00 bits per heavy atom. The fourth-order valence-electron chi connectivity index (χ4n) is 2.80. The minimum absolute atomic E-state index is 0.131. The predicted molar refractivity (Wildman–Crippen MR) is 112 cm³/mol. The number of hydrogen-bond acceptors (Lipinski definition) is 5. The van der Waals surface area contributed by atoms with Gasteiger partial charge in [0.05, 0.1) is 16.8 Å². The molecular formula is C22H18FN3O2S. The molecule has 0 radical (unpaired) electrons. The van der Waals surface area contributed by atoms with E-state index in [1.54, 1.807) is 23.4 Å². The van der Waals surface area contributed by atoms with Gasteiger partial charge in [0.2, 0.25) is 0 Å². The van der Waals surface area contributed by atoms with E-state index in [-0.39, 0.29) is 18.3 Å². The first-order chi connectivity index (χ1) is 14.1. The molecule has 0 saturated heterocycles. The number of fused-ring (bicyclic) bond motifs is 1. The molecule has 2 heterocycles. The van der Waals surface area contributed by atoms with Crippen molar-refractivity contribution in [2.75, 3.05) is 11.5 Å². The summed E-state index contributed by atoms with van der Waals surface area (Å²) in [6.07, 6.45) is 3.38. The highest BCUT2D eigenvalue weighted by molar-refractivity contribution is 7.22. The van der Waals surface area contributed by atoms with Gasteiger partial charge >= 0.3 is 0 Å². The second-order valence-electron chi connectivity index (χ2n) is 6.55. The van der Waals surface area contributed by atoms with Crippen molar-refractivity contribution in [3.8, 4) is 5.75 Å². The zero-order valence-electron chi connectivity index (χ0n) is 15.7. The lowest BCUT2D eigenvalue weighted by atomic mass is 10.2. The van der Waals surface area contributed by atoms with Crippen LogP contribution in [0.3, 0.4) is 0 Å².